The molecular weight excluding hydrogens is 358 g/mol. The van der Waals surface area contributed by atoms with Crippen LogP contribution in [0.15, 0.2) is 29.6 Å². The Hall–Kier alpha value is -2.21. The zero-order chi connectivity index (χ0) is 20.0. The van der Waals surface area contributed by atoms with Crippen molar-refractivity contribution in [3.8, 4) is 0 Å². The van der Waals surface area contributed by atoms with Crippen molar-refractivity contribution < 1.29 is 9.59 Å². The van der Waals surface area contributed by atoms with Crippen LogP contribution in [0.1, 0.15) is 59.1 Å². The van der Waals surface area contributed by atoms with Gasteiger partial charge in [-0.05, 0) is 30.9 Å². The lowest BCUT2D eigenvalue weighted by molar-refractivity contribution is 0.0722. The summed E-state index contributed by atoms with van der Waals surface area (Å²) in [6.07, 6.45) is 0. The van der Waals surface area contributed by atoms with E-state index in [1.54, 1.807) is 5.38 Å². The van der Waals surface area contributed by atoms with Gasteiger partial charge in [0.1, 0.15) is 10.7 Å². The van der Waals surface area contributed by atoms with E-state index in [0.717, 1.165) is 10.6 Å². The first-order valence-electron chi connectivity index (χ1n) is 9.34. The zero-order valence-corrected chi connectivity index (χ0v) is 17.6. The Morgan fingerprint density at radius 2 is 1.78 bits per heavy atom. The Kier molecular flexibility index (Phi) is 7.54. The molecule has 0 aliphatic heterocycles. The summed E-state index contributed by atoms with van der Waals surface area (Å²) >= 11 is 1.42. The van der Waals surface area contributed by atoms with E-state index in [2.05, 4.69) is 24.1 Å². The van der Waals surface area contributed by atoms with E-state index in [4.69, 9.17) is 0 Å². The van der Waals surface area contributed by atoms with Crippen molar-refractivity contribution in [2.24, 2.45) is 11.8 Å². The van der Waals surface area contributed by atoms with Gasteiger partial charge in [-0.3, -0.25) is 9.59 Å². The van der Waals surface area contributed by atoms with Crippen molar-refractivity contribution in [1.82, 2.24) is 15.2 Å². The molecule has 1 aromatic heterocycles. The molecule has 146 valence electrons. The molecule has 0 atom stereocenters. The highest BCUT2D eigenvalue weighted by Gasteiger charge is 2.20. The van der Waals surface area contributed by atoms with Gasteiger partial charge < -0.3 is 10.2 Å². The predicted octanol–water partition coefficient (Wildman–Crippen LogP) is 4.14. The SMILES string of the molecule is Cc1ccc(C(=O)N(Cc2nc(C(=O)NCC(C)C)cs2)CC(C)C)cc1. The lowest BCUT2D eigenvalue weighted by Gasteiger charge is -2.23. The minimum Gasteiger partial charge on any atom is -0.350 e. The van der Waals surface area contributed by atoms with Gasteiger partial charge in [0.05, 0.1) is 6.54 Å². The highest BCUT2D eigenvalue weighted by molar-refractivity contribution is 7.09. The summed E-state index contributed by atoms with van der Waals surface area (Å²) in [7, 11) is 0. The number of hydrogen-bond acceptors (Lipinski definition) is 4. The maximum Gasteiger partial charge on any atom is 0.270 e. The van der Waals surface area contributed by atoms with Gasteiger partial charge in [0.15, 0.2) is 0 Å². The second-order valence-corrected chi connectivity index (χ2v) is 8.62. The average molecular weight is 388 g/mol. The van der Waals surface area contributed by atoms with E-state index in [1.807, 2.05) is 49.9 Å². The molecule has 0 saturated carbocycles. The molecule has 0 radical (unpaired) electrons. The first kappa shape index (κ1) is 21.1. The molecule has 0 bridgehead atoms. The number of nitrogens with one attached hydrogen (secondary N) is 1. The Morgan fingerprint density at radius 3 is 2.37 bits per heavy atom. The van der Waals surface area contributed by atoms with Crippen molar-refractivity contribution in [2.45, 2.75) is 41.2 Å². The first-order valence-corrected chi connectivity index (χ1v) is 10.2. The van der Waals surface area contributed by atoms with Crippen LogP contribution in [-0.4, -0.2) is 34.8 Å². The molecule has 2 amide bonds. The topological polar surface area (TPSA) is 62.3 Å². The predicted molar refractivity (Wildman–Crippen MR) is 110 cm³/mol. The number of hydrogen-bond donors (Lipinski definition) is 1. The van der Waals surface area contributed by atoms with Crippen LogP contribution in [0.4, 0.5) is 0 Å². The molecule has 0 aliphatic rings. The molecule has 2 aromatic rings. The smallest absolute Gasteiger partial charge is 0.270 e. The number of carbonyl (C=O) groups is 2. The van der Waals surface area contributed by atoms with Crippen LogP contribution in [-0.2, 0) is 6.54 Å². The monoisotopic (exact) mass is 387 g/mol. The van der Waals surface area contributed by atoms with Gasteiger partial charge in [-0.1, -0.05) is 45.4 Å². The Balaban J connectivity index is 2.11. The van der Waals surface area contributed by atoms with Crippen molar-refractivity contribution in [1.29, 1.82) is 0 Å². The highest BCUT2D eigenvalue weighted by atomic mass is 32.1. The van der Waals surface area contributed by atoms with E-state index in [0.29, 0.717) is 42.7 Å². The third-order valence-electron chi connectivity index (χ3n) is 3.95. The van der Waals surface area contributed by atoms with Crippen LogP contribution in [0.2, 0.25) is 0 Å². The molecule has 27 heavy (non-hydrogen) atoms. The molecule has 0 saturated heterocycles. The van der Waals surface area contributed by atoms with E-state index in [-0.39, 0.29) is 11.8 Å². The number of aromatic nitrogens is 1. The number of thiazole rings is 1. The van der Waals surface area contributed by atoms with Gasteiger partial charge in [-0.15, -0.1) is 11.3 Å². The van der Waals surface area contributed by atoms with E-state index in [9.17, 15) is 9.59 Å². The number of benzene rings is 1. The minimum absolute atomic E-state index is 0.00953. The molecule has 0 fully saturated rings. The zero-order valence-electron chi connectivity index (χ0n) is 16.8. The Morgan fingerprint density at radius 1 is 1.11 bits per heavy atom. The van der Waals surface area contributed by atoms with Crippen LogP contribution in [0, 0.1) is 18.8 Å². The fourth-order valence-electron chi connectivity index (χ4n) is 2.58. The van der Waals surface area contributed by atoms with Crippen LogP contribution in [0.5, 0.6) is 0 Å². The number of aryl methyl sites for hydroxylation is 1. The van der Waals surface area contributed by atoms with Gasteiger partial charge in [-0.2, -0.15) is 0 Å². The third-order valence-corrected chi connectivity index (χ3v) is 4.79. The number of amides is 2. The lowest BCUT2D eigenvalue weighted by Crippen LogP contribution is -2.33. The second-order valence-electron chi connectivity index (χ2n) is 7.68. The fraction of sp³-hybridized carbons (Fsp3) is 0.476. The third kappa shape index (κ3) is 6.47. The van der Waals surface area contributed by atoms with Crippen LogP contribution in [0.25, 0.3) is 0 Å². The largest absolute Gasteiger partial charge is 0.350 e. The van der Waals surface area contributed by atoms with Crippen molar-refractivity contribution in [2.75, 3.05) is 13.1 Å². The molecule has 1 aromatic carbocycles. The fourth-order valence-corrected chi connectivity index (χ4v) is 3.37. The second kappa shape index (κ2) is 9.65. The van der Waals surface area contributed by atoms with Gasteiger partial charge >= 0.3 is 0 Å². The van der Waals surface area contributed by atoms with Crippen molar-refractivity contribution in [3.05, 3.63) is 51.5 Å². The molecule has 6 heteroatoms. The highest BCUT2D eigenvalue weighted by Crippen LogP contribution is 2.17. The summed E-state index contributed by atoms with van der Waals surface area (Å²) in [5.41, 5.74) is 2.22. The molecular formula is C21H29N3O2S. The standard InChI is InChI=1S/C21H29N3O2S/c1-14(2)10-22-20(25)18-13-27-19(23-18)12-24(11-15(3)4)21(26)17-8-6-16(5)7-9-17/h6-9,13-15H,10-12H2,1-5H3,(H,22,25). The van der Waals surface area contributed by atoms with E-state index >= 15 is 0 Å². The summed E-state index contributed by atoms with van der Waals surface area (Å²) < 4.78 is 0. The average Bonchev–Trinajstić information content (AvgIpc) is 3.07. The molecule has 0 unspecified atom stereocenters. The van der Waals surface area contributed by atoms with E-state index < -0.39 is 0 Å². The maximum absolute atomic E-state index is 12.9. The lowest BCUT2D eigenvalue weighted by atomic mass is 10.1. The molecule has 5 nitrogen and oxygen atoms in total. The van der Waals surface area contributed by atoms with Crippen molar-refractivity contribution in [3.63, 3.8) is 0 Å². The molecule has 2 rings (SSSR count). The summed E-state index contributed by atoms with van der Waals surface area (Å²) in [6, 6.07) is 7.61. The van der Waals surface area contributed by atoms with Crippen molar-refractivity contribution >= 4 is 23.2 Å². The molecule has 0 spiro atoms. The van der Waals surface area contributed by atoms with Gasteiger partial charge in [-0.25, -0.2) is 4.98 Å². The quantitative estimate of drug-likeness (QED) is 0.741. The summed E-state index contributed by atoms with van der Waals surface area (Å²) in [5, 5.41) is 5.40. The minimum atomic E-state index is -0.161. The van der Waals surface area contributed by atoms with Gasteiger partial charge in [0.25, 0.3) is 11.8 Å². The number of nitrogens with zero attached hydrogens (tertiary/aromatic N) is 2. The number of rotatable bonds is 8. The Labute approximate surface area is 165 Å². The maximum atomic E-state index is 12.9. The Bertz CT molecular complexity index is 766. The molecule has 0 aliphatic carbocycles. The van der Waals surface area contributed by atoms with Crippen LogP contribution >= 0.6 is 11.3 Å². The summed E-state index contributed by atoms with van der Waals surface area (Å²) in [5.74, 6) is 0.560. The number of carbonyl (C=O) groups excluding carboxylic acids is 2. The van der Waals surface area contributed by atoms with Gasteiger partial charge in [0.2, 0.25) is 0 Å². The van der Waals surface area contributed by atoms with E-state index in [1.165, 1.54) is 11.3 Å². The van der Waals surface area contributed by atoms with Crippen LogP contribution in [0.3, 0.4) is 0 Å². The van der Waals surface area contributed by atoms with Gasteiger partial charge in [0, 0.05) is 24.0 Å². The summed E-state index contributed by atoms with van der Waals surface area (Å²) in [4.78, 5) is 31.4. The van der Waals surface area contributed by atoms with Crippen LogP contribution < -0.4 is 5.32 Å². The first-order chi connectivity index (χ1) is 12.8. The normalized spacial score (nSPS) is 11.1. The molecule has 1 heterocycles. The summed E-state index contributed by atoms with van der Waals surface area (Å²) in [6.45, 7) is 11.9. The molecule has 1 N–H and O–H groups in total.